The molecule has 1 heterocycles. The average molecular weight is 256 g/mol. The Labute approximate surface area is 106 Å². The summed E-state index contributed by atoms with van der Waals surface area (Å²) in [6.07, 6.45) is 1.30. The Bertz CT molecular complexity index is 446. The number of piperidine rings is 1. The highest BCUT2D eigenvalue weighted by atomic mass is 35.5. The van der Waals surface area contributed by atoms with Gasteiger partial charge in [-0.05, 0) is 44.0 Å². The van der Waals surface area contributed by atoms with Gasteiger partial charge < -0.3 is 4.90 Å². The lowest BCUT2D eigenvalue weighted by atomic mass is 9.89. The third-order valence-electron chi connectivity index (χ3n) is 4.52. The number of rotatable bonds is 1. The van der Waals surface area contributed by atoms with Gasteiger partial charge in [0.15, 0.2) is 0 Å². The van der Waals surface area contributed by atoms with Crippen molar-refractivity contribution in [3.05, 3.63) is 33.8 Å². The van der Waals surface area contributed by atoms with Crippen molar-refractivity contribution in [2.24, 2.45) is 5.92 Å². The van der Waals surface area contributed by atoms with E-state index < -0.39 is 0 Å². The minimum atomic E-state index is 0.350. The fraction of sp³-hybridized carbons (Fsp3) is 0.538. The summed E-state index contributed by atoms with van der Waals surface area (Å²) in [5.41, 5.74) is 1.71. The molecule has 3 rings (SSSR count). The molecular weight excluding hydrogens is 241 g/mol. The first-order valence-electron chi connectivity index (χ1n) is 5.71. The minimum absolute atomic E-state index is 0.350. The molecular formula is C13H15Cl2N. The topological polar surface area (TPSA) is 3.24 Å². The Hall–Kier alpha value is -0.240. The molecule has 3 atom stereocenters. The fourth-order valence-electron chi connectivity index (χ4n) is 3.37. The van der Waals surface area contributed by atoms with E-state index in [4.69, 9.17) is 23.2 Å². The number of likely N-dealkylation sites (N-methyl/N-ethyl adjacent to an activating group) is 1. The molecule has 3 heteroatoms. The van der Waals surface area contributed by atoms with Crippen molar-refractivity contribution in [2.45, 2.75) is 24.8 Å². The average Bonchev–Trinajstić information content (AvgIpc) is 2.90. The van der Waals surface area contributed by atoms with Crippen molar-refractivity contribution in [3.63, 3.8) is 0 Å². The summed E-state index contributed by atoms with van der Waals surface area (Å²) in [6, 6.07) is 6.73. The standard InChI is InChI=1S/C13H15Cl2N/c1-8-13(6-10(13)7-16(8)2)9-3-4-11(14)12(15)5-9/h3-5,8,10H,6-7H2,1-2H3/t8-,10+,13+/m0/s1. The van der Waals surface area contributed by atoms with Gasteiger partial charge in [0.1, 0.15) is 0 Å². The highest BCUT2D eigenvalue weighted by molar-refractivity contribution is 6.42. The molecule has 16 heavy (non-hydrogen) atoms. The third-order valence-corrected chi connectivity index (χ3v) is 5.26. The maximum Gasteiger partial charge on any atom is 0.0595 e. The van der Waals surface area contributed by atoms with Crippen LogP contribution in [0.5, 0.6) is 0 Å². The van der Waals surface area contributed by atoms with E-state index in [2.05, 4.69) is 31.0 Å². The molecule has 0 N–H and O–H groups in total. The smallest absolute Gasteiger partial charge is 0.0595 e. The van der Waals surface area contributed by atoms with Gasteiger partial charge >= 0.3 is 0 Å². The van der Waals surface area contributed by atoms with E-state index >= 15 is 0 Å². The minimum Gasteiger partial charge on any atom is -0.302 e. The molecule has 1 saturated heterocycles. The summed E-state index contributed by atoms with van der Waals surface area (Å²) in [4.78, 5) is 2.44. The van der Waals surface area contributed by atoms with E-state index in [1.807, 2.05) is 6.07 Å². The molecule has 1 nitrogen and oxygen atoms in total. The van der Waals surface area contributed by atoms with E-state index in [0.717, 1.165) is 5.92 Å². The molecule has 1 aromatic rings. The molecule has 1 aliphatic carbocycles. The quantitative estimate of drug-likeness (QED) is 0.742. The second-order valence-corrected chi connectivity index (χ2v) is 6.00. The molecule has 0 bridgehead atoms. The summed E-state index contributed by atoms with van der Waals surface area (Å²) in [5.74, 6) is 0.810. The van der Waals surface area contributed by atoms with Crippen LogP contribution in [0.2, 0.25) is 10.0 Å². The molecule has 0 unspecified atom stereocenters. The highest BCUT2D eigenvalue weighted by Crippen LogP contribution is 2.62. The van der Waals surface area contributed by atoms with Crippen molar-refractivity contribution in [1.29, 1.82) is 0 Å². The van der Waals surface area contributed by atoms with Crippen LogP contribution in [-0.2, 0) is 5.41 Å². The molecule has 0 spiro atoms. The van der Waals surface area contributed by atoms with Crippen LogP contribution in [0.4, 0.5) is 0 Å². The van der Waals surface area contributed by atoms with Gasteiger partial charge in [-0.1, -0.05) is 29.3 Å². The Morgan fingerprint density at radius 2 is 2.06 bits per heavy atom. The molecule has 0 aromatic heterocycles. The number of hydrogen-bond acceptors (Lipinski definition) is 1. The number of benzene rings is 1. The number of likely N-dealkylation sites (tertiary alicyclic amines) is 1. The van der Waals surface area contributed by atoms with Crippen molar-refractivity contribution in [3.8, 4) is 0 Å². The zero-order valence-corrected chi connectivity index (χ0v) is 11.0. The molecule has 1 aliphatic heterocycles. The molecule has 1 saturated carbocycles. The Kier molecular flexibility index (Phi) is 2.30. The second-order valence-electron chi connectivity index (χ2n) is 5.19. The van der Waals surface area contributed by atoms with Crippen LogP contribution < -0.4 is 0 Å². The Balaban J connectivity index is 2.02. The van der Waals surface area contributed by atoms with Crippen molar-refractivity contribution in [2.75, 3.05) is 13.6 Å². The van der Waals surface area contributed by atoms with Gasteiger partial charge in [-0.2, -0.15) is 0 Å². The molecule has 2 fully saturated rings. The molecule has 2 aliphatic rings. The van der Waals surface area contributed by atoms with Gasteiger partial charge in [0, 0.05) is 18.0 Å². The van der Waals surface area contributed by atoms with Gasteiger partial charge in [-0.3, -0.25) is 0 Å². The van der Waals surface area contributed by atoms with Gasteiger partial charge in [-0.25, -0.2) is 0 Å². The van der Waals surface area contributed by atoms with Crippen LogP contribution >= 0.6 is 23.2 Å². The summed E-state index contributed by atoms with van der Waals surface area (Å²) in [5, 5.41) is 1.33. The number of halogens is 2. The maximum atomic E-state index is 6.11. The molecule has 0 radical (unpaired) electrons. The largest absolute Gasteiger partial charge is 0.302 e. The van der Waals surface area contributed by atoms with Gasteiger partial charge in [0.25, 0.3) is 0 Å². The highest BCUT2D eigenvalue weighted by Gasteiger charge is 2.64. The summed E-state index contributed by atoms with van der Waals surface area (Å²) >= 11 is 12.1. The Morgan fingerprint density at radius 1 is 1.31 bits per heavy atom. The van der Waals surface area contributed by atoms with E-state index in [0.29, 0.717) is 21.5 Å². The lowest BCUT2D eigenvalue weighted by Gasteiger charge is -2.26. The van der Waals surface area contributed by atoms with Crippen LogP contribution in [0, 0.1) is 5.92 Å². The van der Waals surface area contributed by atoms with E-state index in [1.165, 1.54) is 18.5 Å². The van der Waals surface area contributed by atoms with Crippen LogP contribution in [0.3, 0.4) is 0 Å². The first-order valence-corrected chi connectivity index (χ1v) is 6.47. The summed E-state index contributed by atoms with van der Waals surface area (Å²) < 4.78 is 0. The van der Waals surface area contributed by atoms with Crippen LogP contribution in [0.15, 0.2) is 18.2 Å². The van der Waals surface area contributed by atoms with Gasteiger partial charge in [-0.15, -0.1) is 0 Å². The first-order chi connectivity index (χ1) is 7.55. The summed E-state index contributed by atoms with van der Waals surface area (Å²) in [7, 11) is 2.20. The monoisotopic (exact) mass is 255 g/mol. The first kappa shape index (κ1) is 10.9. The zero-order valence-electron chi connectivity index (χ0n) is 9.50. The lowest BCUT2D eigenvalue weighted by Crippen LogP contribution is -2.33. The van der Waals surface area contributed by atoms with Gasteiger partial charge in [0.05, 0.1) is 10.0 Å². The second kappa shape index (κ2) is 3.38. The van der Waals surface area contributed by atoms with Gasteiger partial charge in [0.2, 0.25) is 0 Å². The molecule has 86 valence electrons. The molecule has 1 aromatic carbocycles. The van der Waals surface area contributed by atoms with Crippen molar-refractivity contribution in [1.82, 2.24) is 4.90 Å². The van der Waals surface area contributed by atoms with Crippen molar-refractivity contribution >= 4 is 23.2 Å². The fourth-order valence-corrected chi connectivity index (χ4v) is 3.67. The maximum absolute atomic E-state index is 6.11. The van der Waals surface area contributed by atoms with Crippen LogP contribution in [-0.4, -0.2) is 24.5 Å². The van der Waals surface area contributed by atoms with Crippen molar-refractivity contribution < 1.29 is 0 Å². The van der Waals surface area contributed by atoms with Crippen LogP contribution in [0.1, 0.15) is 18.9 Å². The number of fused-ring (bicyclic) bond motifs is 1. The predicted octanol–water partition coefficient (Wildman–Crippen LogP) is 3.59. The molecule has 0 amide bonds. The van der Waals surface area contributed by atoms with Crippen LogP contribution in [0.25, 0.3) is 0 Å². The zero-order chi connectivity index (χ0) is 11.5. The summed E-state index contributed by atoms with van der Waals surface area (Å²) in [6.45, 7) is 3.52. The number of nitrogens with zero attached hydrogens (tertiary/aromatic N) is 1. The lowest BCUT2D eigenvalue weighted by molar-refractivity contribution is 0.273. The van der Waals surface area contributed by atoms with E-state index in [9.17, 15) is 0 Å². The third kappa shape index (κ3) is 1.28. The van der Waals surface area contributed by atoms with E-state index in [-0.39, 0.29) is 0 Å². The van der Waals surface area contributed by atoms with E-state index in [1.54, 1.807) is 0 Å². The SMILES string of the molecule is C[C@@H]1N(C)C[C@H]2C[C@@]21c1ccc(Cl)c(Cl)c1. The predicted molar refractivity (Wildman–Crippen MR) is 68.3 cm³/mol. The Morgan fingerprint density at radius 3 is 2.62 bits per heavy atom. The normalized spacial score (nSPS) is 37.5. The number of hydrogen-bond donors (Lipinski definition) is 0.